The molecule has 0 saturated heterocycles. The summed E-state index contributed by atoms with van der Waals surface area (Å²) in [6.45, 7) is 1.90. The topological polar surface area (TPSA) is 64.1 Å². The fourth-order valence-corrected chi connectivity index (χ4v) is 2.83. The van der Waals surface area contributed by atoms with Crippen molar-refractivity contribution in [1.82, 2.24) is 10.2 Å². The Labute approximate surface area is 136 Å². The molecule has 1 amide bonds. The van der Waals surface area contributed by atoms with Gasteiger partial charge >= 0.3 is 0 Å². The van der Waals surface area contributed by atoms with Crippen molar-refractivity contribution in [2.75, 3.05) is 11.9 Å². The maximum absolute atomic E-state index is 11.8. The van der Waals surface area contributed by atoms with E-state index in [9.17, 15) is 4.79 Å². The van der Waals surface area contributed by atoms with Crippen molar-refractivity contribution in [3.8, 4) is 5.75 Å². The van der Waals surface area contributed by atoms with E-state index in [1.165, 1.54) is 11.3 Å². The summed E-state index contributed by atoms with van der Waals surface area (Å²) in [5, 5.41) is 12.7. The lowest BCUT2D eigenvalue weighted by atomic mass is 10.3. The van der Waals surface area contributed by atoms with E-state index in [1.54, 1.807) is 18.2 Å². The average Bonchev–Trinajstić information content (AvgIpc) is 2.85. The maximum atomic E-state index is 11.8. The van der Waals surface area contributed by atoms with E-state index in [-0.39, 0.29) is 12.5 Å². The molecule has 8 heteroatoms. The number of aryl methyl sites for hydroxylation is 1. The van der Waals surface area contributed by atoms with Gasteiger partial charge in [0.05, 0.1) is 5.02 Å². The van der Waals surface area contributed by atoms with Crippen molar-refractivity contribution in [1.29, 1.82) is 0 Å². The Morgan fingerprint density at radius 3 is 2.90 bits per heavy atom. The number of benzene rings is 1. The van der Waals surface area contributed by atoms with Gasteiger partial charge in [0.1, 0.15) is 10.8 Å². The Balaban J connectivity index is 1.86. The quantitative estimate of drug-likeness (QED) is 0.864. The number of rotatable bonds is 6. The molecule has 1 N–H and O–H groups in total. The minimum atomic E-state index is -0.319. The Kier molecular flexibility index (Phi) is 5.78. The number of anilines is 1. The monoisotopic (exact) mass is 345 g/mol. The van der Waals surface area contributed by atoms with E-state index in [2.05, 4.69) is 22.4 Å². The molecule has 0 saturated carbocycles. The third kappa shape index (κ3) is 4.84. The summed E-state index contributed by atoms with van der Waals surface area (Å²) in [5.74, 6) is 0.0837. The van der Waals surface area contributed by atoms with Gasteiger partial charge in [-0.25, -0.2) is 0 Å². The number of carbonyl (C=O) groups is 1. The van der Waals surface area contributed by atoms with Gasteiger partial charge in [0, 0.05) is 11.4 Å². The van der Waals surface area contributed by atoms with Gasteiger partial charge in [-0.3, -0.25) is 10.1 Å². The molecule has 5 nitrogen and oxygen atoms in total. The molecule has 2 aromatic rings. The summed E-state index contributed by atoms with van der Waals surface area (Å²) >= 11 is 13.1. The summed E-state index contributed by atoms with van der Waals surface area (Å²) in [4.78, 5) is 11.8. The second-order valence-corrected chi connectivity index (χ2v) is 6.07. The van der Waals surface area contributed by atoms with Gasteiger partial charge in [0.2, 0.25) is 5.13 Å². The molecule has 0 radical (unpaired) electrons. The highest BCUT2D eigenvalue weighted by Gasteiger charge is 2.10. The van der Waals surface area contributed by atoms with Crippen molar-refractivity contribution in [2.45, 2.75) is 19.8 Å². The Bertz CT molecular complexity index is 634. The summed E-state index contributed by atoms with van der Waals surface area (Å²) in [7, 11) is 0. The largest absolute Gasteiger partial charge is 0.482 e. The van der Waals surface area contributed by atoms with Crippen LogP contribution in [0.2, 0.25) is 10.0 Å². The molecule has 0 unspecified atom stereocenters. The third-order valence-electron chi connectivity index (χ3n) is 2.43. The molecule has 0 aliphatic rings. The van der Waals surface area contributed by atoms with Crippen LogP contribution in [-0.4, -0.2) is 22.7 Å². The van der Waals surface area contributed by atoms with Gasteiger partial charge in [-0.1, -0.05) is 41.5 Å². The van der Waals surface area contributed by atoms with Crippen LogP contribution in [0.1, 0.15) is 18.4 Å². The number of aromatic nitrogens is 2. The predicted molar refractivity (Wildman–Crippen MR) is 84.5 cm³/mol. The Morgan fingerprint density at radius 2 is 2.19 bits per heavy atom. The van der Waals surface area contributed by atoms with E-state index in [0.29, 0.717) is 20.9 Å². The zero-order chi connectivity index (χ0) is 15.2. The summed E-state index contributed by atoms with van der Waals surface area (Å²) in [6.07, 6.45) is 1.84. The van der Waals surface area contributed by atoms with E-state index < -0.39 is 0 Å². The summed E-state index contributed by atoms with van der Waals surface area (Å²) in [6, 6.07) is 4.81. The number of hydrogen-bond donors (Lipinski definition) is 1. The minimum Gasteiger partial charge on any atom is -0.482 e. The van der Waals surface area contributed by atoms with Crippen molar-refractivity contribution in [3.63, 3.8) is 0 Å². The standard InChI is InChI=1S/C13H13Cl2N3O2S/c1-2-3-12-17-18-13(21-12)16-11(19)7-20-10-5-4-8(14)6-9(10)15/h4-6H,2-3,7H2,1H3,(H,16,18,19). The first-order valence-electron chi connectivity index (χ1n) is 6.28. The molecule has 0 aliphatic carbocycles. The van der Waals surface area contributed by atoms with Crippen LogP contribution in [0.15, 0.2) is 18.2 Å². The average molecular weight is 346 g/mol. The molecule has 0 aliphatic heterocycles. The molecular weight excluding hydrogens is 333 g/mol. The van der Waals surface area contributed by atoms with Gasteiger partial charge in [-0.2, -0.15) is 0 Å². The van der Waals surface area contributed by atoms with E-state index in [4.69, 9.17) is 27.9 Å². The van der Waals surface area contributed by atoms with Crippen LogP contribution in [0.3, 0.4) is 0 Å². The Hall–Kier alpha value is -1.37. The second kappa shape index (κ2) is 7.59. The van der Waals surface area contributed by atoms with Gasteiger partial charge in [0.15, 0.2) is 6.61 Å². The van der Waals surface area contributed by atoms with Crippen LogP contribution in [0.4, 0.5) is 5.13 Å². The van der Waals surface area contributed by atoms with Crippen molar-refractivity contribution >= 4 is 45.6 Å². The highest BCUT2D eigenvalue weighted by atomic mass is 35.5. The van der Waals surface area contributed by atoms with Crippen LogP contribution < -0.4 is 10.1 Å². The zero-order valence-electron chi connectivity index (χ0n) is 11.2. The van der Waals surface area contributed by atoms with Gasteiger partial charge in [0.25, 0.3) is 5.91 Å². The van der Waals surface area contributed by atoms with Crippen LogP contribution in [0.25, 0.3) is 0 Å². The fourth-order valence-electron chi connectivity index (χ4n) is 1.51. The zero-order valence-corrected chi connectivity index (χ0v) is 13.6. The summed E-state index contributed by atoms with van der Waals surface area (Å²) < 4.78 is 5.33. The maximum Gasteiger partial charge on any atom is 0.264 e. The first-order valence-corrected chi connectivity index (χ1v) is 7.86. The van der Waals surface area contributed by atoms with E-state index >= 15 is 0 Å². The van der Waals surface area contributed by atoms with Gasteiger partial charge < -0.3 is 4.74 Å². The molecule has 0 atom stereocenters. The van der Waals surface area contributed by atoms with Crippen molar-refractivity contribution in [2.24, 2.45) is 0 Å². The number of ether oxygens (including phenoxy) is 1. The van der Waals surface area contributed by atoms with Gasteiger partial charge in [-0.15, -0.1) is 10.2 Å². The molecule has 0 bridgehead atoms. The lowest BCUT2D eigenvalue weighted by molar-refractivity contribution is -0.118. The number of amides is 1. The smallest absolute Gasteiger partial charge is 0.264 e. The first kappa shape index (κ1) is 16.0. The first-order chi connectivity index (χ1) is 10.1. The summed E-state index contributed by atoms with van der Waals surface area (Å²) in [5.41, 5.74) is 0. The lowest BCUT2D eigenvalue weighted by Gasteiger charge is -2.07. The lowest BCUT2D eigenvalue weighted by Crippen LogP contribution is -2.20. The number of nitrogens with one attached hydrogen (secondary N) is 1. The Morgan fingerprint density at radius 1 is 1.38 bits per heavy atom. The molecule has 1 aromatic carbocycles. The highest BCUT2D eigenvalue weighted by Crippen LogP contribution is 2.27. The SMILES string of the molecule is CCCc1nnc(NC(=O)COc2ccc(Cl)cc2Cl)s1. The minimum absolute atomic E-state index is 0.163. The number of hydrogen-bond acceptors (Lipinski definition) is 5. The number of nitrogens with zero attached hydrogens (tertiary/aromatic N) is 2. The fraction of sp³-hybridized carbons (Fsp3) is 0.308. The molecule has 0 spiro atoms. The third-order valence-corrected chi connectivity index (χ3v) is 3.86. The molecular formula is C13H13Cl2N3O2S. The van der Waals surface area contributed by atoms with Crippen LogP contribution in [0.5, 0.6) is 5.75 Å². The molecule has 0 fully saturated rings. The molecule has 2 rings (SSSR count). The second-order valence-electron chi connectivity index (χ2n) is 4.16. The van der Waals surface area contributed by atoms with Crippen LogP contribution >= 0.6 is 34.5 Å². The van der Waals surface area contributed by atoms with E-state index in [1.807, 2.05) is 0 Å². The van der Waals surface area contributed by atoms with Crippen molar-refractivity contribution in [3.05, 3.63) is 33.3 Å². The normalized spacial score (nSPS) is 10.4. The molecule has 21 heavy (non-hydrogen) atoms. The predicted octanol–water partition coefficient (Wildman–Crippen LogP) is 3.81. The molecule has 1 heterocycles. The van der Waals surface area contributed by atoms with Crippen LogP contribution in [0, 0.1) is 0 Å². The molecule has 1 aromatic heterocycles. The van der Waals surface area contributed by atoms with Crippen LogP contribution in [-0.2, 0) is 11.2 Å². The van der Waals surface area contributed by atoms with Crippen molar-refractivity contribution < 1.29 is 9.53 Å². The highest BCUT2D eigenvalue weighted by molar-refractivity contribution is 7.15. The van der Waals surface area contributed by atoms with Gasteiger partial charge in [-0.05, 0) is 24.6 Å². The van der Waals surface area contributed by atoms with E-state index in [0.717, 1.165) is 17.8 Å². The number of carbonyl (C=O) groups excluding carboxylic acids is 1. The molecule has 112 valence electrons. The number of halogens is 2.